The molecule has 2 unspecified atom stereocenters. The van der Waals surface area contributed by atoms with Crippen LogP contribution in [-0.2, 0) is 11.4 Å². The molecule has 38 heavy (non-hydrogen) atoms. The fourth-order valence-electron chi connectivity index (χ4n) is 3.77. The van der Waals surface area contributed by atoms with Crippen LogP contribution >= 0.6 is 0 Å². The molecular weight excluding hydrogens is 531 g/mol. The SMILES string of the molecule is CC1CCC(c2cc(F)c(-c3cc(F)c(CF)c(F)c3)c(F)c2)OC1.FOc1ccc(OC(F)(F)F)cc1. The van der Waals surface area contributed by atoms with E-state index in [1.165, 1.54) is 0 Å². The lowest BCUT2D eigenvalue weighted by Crippen LogP contribution is -2.18. The van der Waals surface area contributed by atoms with E-state index < -0.39 is 59.3 Å². The molecule has 0 bridgehead atoms. The van der Waals surface area contributed by atoms with Crippen molar-refractivity contribution in [1.29, 1.82) is 0 Å². The topological polar surface area (TPSA) is 27.7 Å². The number of rotatable bonds is 5. The molecule has 1 heterocycles. The lowest BCUT2D eigenvalue weighted by Gasteiger charge is -2.27. The fourth-order valence-corrected chi connectivity index (χ4v) is 3.77. The molecule has 3 aromatic carbocycles. The van der Waals surface area contributed by atoms with Crippen LogP contribution < -0.4 is 9.68 Å². The second-order valence-electron chi connectivity index (χ2n) is 8.51. The molecule has 0 N–H and O–H groups in total. The van der Waals surface area contributed by atoms with Gasteiger partial charge in [-0.05, 0) is 78.4 Å². The average molecular weight is 552 g/mol. The molecule has 1 aliphatic heterocycles. The van der Waals surface area contributed by atoms with Crippen molar-refractivity contribution in [1.82, 2.24) is 0 Å². The van der Waals surface area contributed by atoms with E-state index in [0.29, 0.717) is 24.5 Å². The van der Waals surface area contributed by atoms with Crippen LogP contribution in [0.2, 0.25) is 0 Å². The Balaban J connectivity index is 0.000000260. The van der Waals surface area contributed by atoms with Crippen molar-refractivity contribution in [3.63, 3.8) is 0 Å². The highest BCUT2D eigenvalue weighted by molar-refractivity contribution is 5.66. The zero-order chi connectivity index (χ0) is 28.0. The van der Waals surface area contributed by atoms with Gasteiger partial charge in [0.25, 0.3) is 0 Å². The first kappa shape index (κ1) is 29.2. The summed E-state index contributed by atoms with van der Waals surface area (Å²) in [5, 5.41) is 0. The molecule has 1 fully saturated rings. The highest BCUT2D eigenvalue weighted by Crippen LogP contribution is 2.35. The molecule has 3 nitrogen and oxygen atoms in total. The summed E-state index contributed by atoms with van der Waals surface area (Å²) in [5.74, 6) is -4.45. The molecule has 4 rings (SSSR count). The van der Waals surface area contributed by atoms with E-state index in [4.69, 9.17) is 4.74 Å². The fraction of sp³-hybridized carbons (Fsp3) is 0.308. The molecule has 0 spiro atoms. The predicted octanol–water partition coefficient (Wildman–Crippen LogP) is 8.72. The second kappa shape index (κ2) is 12.4. The third-order valence-corrected chi connectivity index (χ3v) is 5.65. The number of alkyl halides is 4. The van der Waals surface area contributed by atoms with Gasteiger partial charge in [-0.3, -0.25) is 4.94 Å². The van der Waals surface area contributed by atoms with Gasteiger partial charge in [0.2, 0.25) is 0 Å². The summed E-state index contributed by atoms with van der Waals surface area (Å²) in [6.07, 6.45) is -3.61. The number of halogens is 9. The van der Waals surface area contributed by atoms with E-state index in [1.54, 1.807) is 0 Å². The van der Waals surface area contributed by atoms with Crippen LogP contribution in [0.4, 0.5) is 39.6 Å². The Morgan fingerprint density at radius 2 is 1.39 bits per heavy atom. The lowest BCUT2D eigenvalue weighted by atomic mass is 9.93. The van der Waals surface area contributed by atoms with E-state index in [0.717, 1.165) is 55.0 Å². The monoisotopic (exact) mass is 552 g/mol. The molecule has 3 aromatic rings. The van der Waals surface area contributed by atoms with Gasteiger partial charge < -0.3 is 9.47 Å². The average Bonchev–Trinajstić information content (AvgIpc) is 2.84. The first-order valence-electron chi connectivity index (χ1n) is 11.2. The minimum absolute atomic E-state index is 0.186. The van der Waals surface area contributed by atoms with Crippen LogP contribution in [0, 0.1) is 29.2 Å². The van der Waals surface area contributed by atoms with Crippen LogP contribution in [0.15, 0.2) is 48.5 Å². The largest absolute Gasteiger partial charge is 0.573 e. The van der Waals surface area contributed by atoms with Gasteiger partial charge in [0.1, 0.15) is 35.7 Å². The van der Waals surface area contributed by atoms with E-state index in [-0.39, 0.29) is 11.3 Å². The van der Waals surface area contributed by atoms with E-state index >= 15 is 0 Å². The number of ether oxygens (including phenoxy) is 2. The molecule has 12 heteroatoms. The molecular formula is C26H21F9O3. The summed E-state index contributed by atoms with van der Waals surface area (Å²) in [7, 11) is 0. The van der Waals surface area contributed by atoms with Crippen molar-refractivity contribution < 1.29 is 54.1 Å². The Hall–Kier alpha value is -3.41. The number of hydrogen-bond donors (Lipinski definition) is 0. The van der Waals surface area contributed by atoms with Gasteiger partial charge in [-0.25, -0.2) is 22.0 Å². The highest BCUT2D eigenvalue weighted by atomic mass is 19.4. The van der Waals surface area contributed by atoms with Gasteiger partial charge in [0.05, 0.1) is 17.2 Å². The van der Waals surface area contributed by atoms with Crippen molar-refractivity contribution in [3.8, 4) is 22.6 Å². The Morgan fingerprint density at radius 1 is 0.842 bits per heavy atom. The zero-order valence-corrected chi connectivity index (χ0v) is 19.7. The molecule has 0 aliphatic carbocycles. The van der Waals surface area contributed by atoms with Crippen LogP contribution in [0.1, 0.15) is 37.0 Å². The van der Waals surface area contributed by atoms with Gasteiger partial charge in [0.15, 0.2) is 5.75 Å². The molecule has 0 aromatic heterocycles. The molecule has 206 valence electrons. The van der Waals surface area contributed by atoms with E-state index in [1.807, 2.05) is 6.92 Å². The summed E-state index contributed by atoms with van der Waals surface area (Å²) >= 11 is 0. The molecule has 0 amide bonds. The molecule has 1 aliphatic rings. The predicted molar refractivity (Wildman–Crippen MR) is 118 cm³/mol. The molecule has 0 saturated carbocycles. The Bertz CT molecular complexity index is 1180. The summed E-state index contributed by atoms with van der Waals surface area (Å²) in [5.41, 5.74) is -1.26. The van der Waals surface area contributed by atoms with Crippen molar-refractivity contribution in [2.24, 2.45) is 5.92 Å². The normalized spacial score (nSPS) is 17.4. The number of hydrogen-bond acceptors (Lipinski definition) is 3. The first-order valence-corrected chi connectivity index (χ1v) is 11.2. The van der Waals surface area contributed by atoms with Crippen molar-refractivity contribution >= 4 is 0 Å². The summed E-state index contributed by atoms with van der Waals surface area (Å²) < 4.78 is 124. The van der Waals surface area contributed by atoms with Crippen molar-refractivity contribution in [2.45, 2.75) is 38.9 Å². The summed E-state index contributed by atoms with van der Waals surface area (Å²) in [6, 6.07) is 7.64. The minimum Gasteiger partial charge on any atom is -0.406 e. The van der Waals surface area contributed by atoms with Crippen LogP contribution in [0.5, 0.6) is 11.5 Å². The lowest BCUT2D eigenvalue weighted by molar-refractivity contribution is -0.274. The highest BCUT2D eigenvalue weighted by Gasteiger charge is 2.31. The molecule has 1 saturated heterocycles. The third kappa shape index (κ3) is 7.56. The van der Waals surface area contributed by atoms with Crippen molar-refractivity contribution in [3.05, 3.63) is 82.9 Å². The maximum Gasteiger partial charge on any atom is 0.573 e. The summed E-state index contributed by atoms with van der Waals surface area (Å²) in [6.45, 7) is 1.21. The maximum absolute atomic E-state index is 14.5. The van der Waals surface area contributed by atoms with Crippen LogP contribution in [0.25, 0.3) is 11.1 Å². The molecule has 2 atom stereocenters. The molecule has 0 radical (unpaired) electrons. The first-order chi connectivity index (χ1) is 17.9. The van der Waals surface area contributed by atoms with Gasteiger partial charge in [-0.15, -0.1) is 13.2 Å². The Kier molecular flexibility index (Phi) is 9.53. The third-order valence-electron chi connectivity index (χ3n) is 5.65. The van der Waals surface area contributed by atoms with E-state index in [9.17, 15) is 39.6 Å². The Labute approximate surface area is 211 Å². The van der Waals surface area contributed by atoms with E-state index in [2.05, 4.69) is 9.68 Å². The zero-order valence-electron chi connectivity index (χ0n) is 19.7. The van der Waals surface area contributed by atoms with Crippen LogP contribution in [0.3, 0.4) is 0 Å². The minimum atomic E-state index is -4.74. The second-order valence-corrected chi connectivity index (χ2v) is 8.51. The maximum atomic E-state index is 14.5. The standard InChI is InChI=1S/C19H17F5O.C7H4F4O2/c1-10-2-3-18(25-9-10)11-4-16(23)19(17(24)5-11)12-6-14(21)13(8-20)15(22)7-12;8-7(9,10)12-5-1-3-6(13-11)4-2-5/h4-7,10,18H,2-3,8-9H2,1H3;1-4H. The van der Waals surface area contributed by atoms with Gasteiger partial charge in [-0.2, -0.15) is 0 Å². The van der Waals surface area contributed by atoms with Crippen molar-refractivity contribution in [2.75, 3.05) is 6.61 Å². The number of benzene rings is 3. The quantitative estimate of drug-likeness (QED) is 0.297. The Morgan fingerprint density at radius 3 is 1.84 bits per heavy atom. The smallest absolute Gasteiger partial charge is 0.406 e. The van der Waals surface area contributed by atoms with Gasteiger partial charge in [0, 0.05) is 11.1 Å². The van der Waals surface area contributed by atoms with Crippen LogP contribution in [-0.4, -0.2) is 13.0 Å². The van der Waals surface area contributed by atoms with Gasteiger partial charge >= 0.3 is 6.36 Å². The summed E-state index contributed by atoms with van der Waals surface area (Å²) in [4.78, 5) is 3.26. The van der Waals surface area contributed by atoms with Gasteiger partial charge in [-0.1, -0.05) is 6.92 Å².